The summed E-state index contributed by atoms with van der Waals surface area (Å²) < 4.78 is 4.61. The molecule has 8 heteroatoms. The number of hydrogen-bond acceptors (Lipinski definition) is 5. The molecule has 0 saturated carbocycles. The Bertz CT molecular complexity index is 480. The van der Waals surface area contributed by atoms with Gasteiger partial charge in [0.15, 0.2) is 5.96 Å². The Hall–Kier alpha value is -0.900. The first-order valence-corrected chi connectivity index (χ1v) is 8.47. The smallest absolute Gasteiger partial charge is 0.305 e. The predicted molar refractivity (Wildman–Crippen MR) is 106 cm³/mol. The maximum atomic E-state index is 11.0. The van der Waals surface area contributed by atoms with Crippen LogP contribution in [-0.4, -0.2) is 37.1 Å². The van der Waals surface area contributed by atoms with Crippen molar-refractivity contribution in [2.45, 2.75) is 46.1 Å². The number of aryl methyl sites for hydroxylation is 1. The number of ether oxygens (including phenoxy) is 1. The minimum absolute atomic E-state index is 0. The number of aliphatic imine (C=N–C) groups is 1. The van der Waals surface area contributed by atoms with Crippen molar-refractivity contribution in [2.75, 3.05) is 20.2 Å². The number of halogens is 1. The van der Waals surface area contributed by atoms with Crippen LogP contribution in [0.5, 0.6) is 0 Å². The standard InChI is InChI=1S/C15H26N4O2S.HI/c1-4-16-15(19-11-13-18-10-12(2)22-13)17-9-7-5-6-8-14(20)21-3;/h10H,4-9,11H2,1-3H3,(H2,16,17,19);1H. The number of methoxy groups -OCH3 is 1. The van der Waals surface area contributed by atoms with E-state index in [1.165, 1.54) is 12.0 Å². The van der Waals surface area contributed by atoms with Crippen LogP contribution >= 0.6 is 35.3 Å². The molecule has 1 aromatic heterocycles. The van der Waals surface area contributed by atoms with Crippen LogP contribution in [0.4, 0.5) is 0 Å². The molecular formula is C15H27IN4O2S. The lowest BCUT2D eigenvalue weighted by Crippen LogP contribution is -2.37. The number of rotatable bonds is 9. The third-order valence-electron chi connectivity index (χ3n) is 2.96. The van der Waals surface area contributed by atoms with E-state index in [1.54, 1.807) is 11.3 Å². The topological polar surface area (TPSA) is 75.6 Å². The molecule has 0 atom stereocenters. The molecule has 1 aromatic rings. The van der Waals surface area contributed by atoms with E-state index in [-0.39, 0.29) is 29.9 Å². The Morgan fingerprint density at radius 1 is 1.35 bits per heavy atom. The van der Waals surface area contributed by atoms with Gasteiger partial charge in [-0.25, -0.2) is 9.98 Å². The second-order valence-corrected chi connectivity index (χ2v) is 6.19. The first-order valence-electron chi connectivity index (χ1n) is 7.66. The van der Waals surface area contributed by atoms with E-state index >= 15 is 0 Å². The number of unbranched alkanes of at least 4 members (excludes halogenated alkanes) is 2. The molecule has 0 unspecified atom stereocenters. The van der Waals surface area contributed by atoms with Gasteiger partial charge in [-0.1, -0.05) is 6.42 Å². The van der Waals surface area contributed by atoms with Crippen LogP contribution in [0.1, 0.15) is 42.5 Å². The van der Waals surface area contributed by atoms with E-state index in [9.17, 15) is 4.79 Å². The van der Waals surface area contributed by atoms with Gasteiger partial charge in [-0.15, -0.1) is 35.3 Å². The van der Waals surface area contributed by atoms with Crippen molar-refractivity contribution in [1.82, 2.24) is 15.6 Å². The van der Waals surface area contributed by atoms with E-state index in [0.29, 0.717) is 13.0 Å². The molecule has 0 saturated heterocycles. The van der Waals surface area contributed by atoms with Crippen LogP contribution in [0, 0.1) is 6.92 Å². The molecule has 0 spiro atoms. The first-order chi connectivity index (χ1) is 10.7. The molecule has 0 radical (unpaired) electrons. The number of hydrogen-bond donors (Lipinski definition) is 2. The second kappa shape index (κ2) is 13.5. The molecule has 0 fully saturated rings. The lowest BCUT2D eigenvalue weighted by atomic mass is 10.2. The average molecular weight is 454 g/mol. The number of thiazole rings is 1. The van der Waals surface area contributed by atoms with Gasteiger partial charge in [0, 0.05) is 30.6 Å². The number of guanidine groups is 1. The van der Waals surface area contributed by atoms with Crippen molar-refractivity contribution in [2.24, 2.45) is 4.99 Å². The highest BCUT2D eigenvalue weighted by Gasteiger charge is 2.01. The molecule has 6 nitrogen and oxygen atoms in total. The van der Waals surface area contributed by atoms with Crippen LogP contribution in [0.2, 0.25) is 0 Å². The predicted octanol–water partition coefficient (Wildman–Crippen LogP) is 2.86. The summed E-state index contributed by atoms with van der Waals surface area (Å²) in [7, 11) is 1.42. The Morgan fingerprint density at radius 2 is 2.13 bits per heavy atom. The van der Waals surface area contributed by atoms with Gasteiger partial charge >= 0.3 is 5.97 Å². The van der Waals surface area contributed by atoms with Crippen molar-refractivity contribution < 1.29 is 9.53 Å². The third kappa shape index (κ3) is 10.5. The molecule has 0 aliphatic heterocycles. The molecule has 0 aliphatic carbocycles. The Kier molecular flexibility index (Phi) is 13.0. The van der Waals surface area contributed by atoms with Gasteiger partial charge in [0.05, 0.1) is 13.7 Å². The molecule has 0 amide bonds. The summed E-state index contributed by atoms with van der Waals surface area (Å²) in [5.74, 6) is 0.671. The lowest BCUT2D eigenvalue weighted by Gasteiger charge is -2.10. The molecule has 1 rings (SSSR count). The maximum absolute atomic E-state index is 11.0. The fourth-order valence-electron chi connectivity index (χ4n) is 1.84. The Labute approximate surface area is 159 Å². The molecule has 2 N–H and O–H groups in total. The largest absolute Gasteiger partial charge is 0.469 e. The van der Waals surface area contributed by atoms with Crippen molar-refractivity contribution in [3.63, 3.8) is 0 Å². The average Bonchev–Trinajstić information content (AvgIpc) is 2.93. The lowest BCUT2D eigenvalue weighted by molar-refractivity contribution is -0.140. The summed E-state index contributed by atoms with van der Waals surface area (Å²) >= 11 is 1.67. The van der Waals surface area contributed by atoms with Gasteiger partial charge in [-0.3, -0.25) is 4.79 Å². The minimum Gasteiger partial charge on any atom is -0.469 e. The van der Waals surface area contributed by atoms with Crippen molar-refractivity contribution in [1.29, 1.82) is 0 Å². The summed E-state index contributed by atoms with van der Waals surface area (Å²) in [6.45, 7) is 6.34. The van der Waals surface area contributed by atoms with Crippen LogP contribution < -0.4 is 10.6 Å². The van der Waals surface area contributed by atoms with E-state index in [1.807, 2.05) is 20.0 Å². The number of carbonyl (C=O) groups is 1. The van der Waals surface area contributed by atoms with Crippen LogP contribution in [0.15, 0.2) is 11.2 Å². The molecule has 0 aliphatic rings. The number of esters is 1. The second-order valence-electron chi connectivity index (χ2n) is 4.87. The number of nitrogens with one attached hydrogen (secondary N) is 2. The molecule has 0 bridgehead atoms. The Morgan fingerprint density at radius 3 is 2.74 bits per heavy atom. The molecular weight excluding hydrogens is 427 g/mol. The van der Waals surface area contributed by atoms with E-state index in [2.05, 4.69) is 25.3 Å². The first kappa shape index (κ1) is 22.1. The Balaban J connectivity index is 0.00000484. The summed E-state index contributed by atoms with van der Waals surface area (Å²) in [5, 5.41) is 7.54. The van der Waals surface area contributed by atoms with Crippen molar-refractivity contribution in [3.8, 4) is 0 Å². The van der Waals surface area contributed by atoms with Crippen molar-refractivity contribution >= 4 is 47.2 Å². The highest BCUT2D eigenvalue weighted by Crippen LogP contribution is 2.11. The van der Waals surface area contributed by atoms with Gasteiger partial charge in [-0.05, 0) is 26.7 Å². The summed E-state index contributed by atoms with van der Waals surface area (Å²) in [4.78, 5) is 21.0. The third-order valence-corrected chi connectivity index (χ3v) is 3.86. The van der Waals surface area contributed by atoms with E-state index in [4.69, 9.17) is 0 Å². The van der Waals surface area contributed by atoms with E-state index < -0.39 is 0 Å². The zero-order valence-corrected chi connectivity index (χ0v) is 17.2. The summed E-state index contributed by atoms with van der Waals surface area (Å²) in [6, 6.07) is 0. The van der Waals surface area contributed by atoms with E-state index in [0.717, 1.165) is 43.3 Å². The van der Waals surface area contributed by atoms with Gasteiger partial charge in [0.25, 0.3) is 0 Å². The summed E-state index contributed by atoms with van der Waals surface area (Å²) in [5.41, 5.74) is 0. The number of carbonyl (C=O) groups excluding carboxylic acids is 1. The van der Waals surface area contributed by atoms with Gasteiger partial charge in [0.1, 0.15) is 5.01 Å². The number of aromatic nitrogens is 1. The highest BCUT2D eigenvalue weighted by molar-refractivity contribution is 14.0. The summed E-state index contributed by atoms with van der Waals surface area (Å²) in [6.07, 6.45) is 5.22. The van der Waals surface area contributed by atoms with Gasteiger partial charge < -0.3 is 15.4 Å². The van der Waals surface area contributed by atoms with Crippen LogP contribution in [0.3, 0.4) is 0 Å². The van der Waals surface area contributed by atoms with Gasteiger partial charge in [0.2, 0.25) is 0 Å². The van der Waals surface area contributed by atoms with Crippen molar-refractivity contribution in [3.05, 3.63) is 16.1 Å². The quantitative estimate of drug-likeness (QED) is 0.197. The van der Waals surface area contributed by atoms with Crippen LogP contribution in [0.25, 0.3) is 0 Å². The molecule has 0 aromatic carbocycles. The zero-order chi connectivity index (χ0) is 16.2. The fraction of sp³-hybridized carbons (Fsp3) is 0.667. The molecule has 132 valence electrons. The monoisotopic (exact) mass is 454 g/mol. The maximum Gasteiger partial charge on any atom is 0.305 e. The fourth-order valence-corrected chi connectivity index (χ4v) is 2.55. The normalized spacial score (nSPS) is 10.8. The minimum atomic E-state index is -0.137. The van der Waals surface area contributed by atoms with Gasteiger partial charge in [-0.2, -0.15) is 0 Å². The zero-order valence-electron chi connectivity index (χ0n) is 14.1. The molecule has 23 heavy (non-hydrogen) atoms. The SMILES string of the molecule is CCNC(=NCc1ncc(C)s1)NCCCCCC(=O)OC.I. The highest BCUT2D eigenvalue weighted by atomic mass is 127. The molecule has 1 heterocycles. The number of nitrogens with zero attached hydrogens (tertiary/aromatic N) is 2. The van der Waals surface area contributed by atoms with Crippen LogP contribution in [-0.2, 0) is 16.1 Å².